The molecule has 1 atom stereocenters. The Morgan fingerprint density at radius 2 is 1.69 bits per heavy atom. The number of hydrogen-bond donors (Lipinski definition) is 1. The summed E-state index contributed by atoms with van der Waals surface area (Å²) in [6.07, 6.45) is 0.572. The standard InChI is InChI=1S/C30H37N3O3/c1-21-14-15-24(32-16-9-17-33(19-18-32)29(35)36-30(3,4)5)20-27(21)28(34)31-22(2)25-13-8-11-23-10-6-7-12-26(23)25/h6-8,10-15,20,22H,9,16-19H2,1-5H3,(H,31,34)/t22-/m1/s1. The van der Waals surface area contributed by atoms with Crippen LogP contribution in [0.25, 0.3) is 10.8 Å². The minimum Gasteiger partial charge on any atom is -0.444 e. The fraction of sp³-hybridized carbons (Fsp3) is 0.400. The summed E-state index contributed by atoms with van der Waals surface area (Å²) in [7, 11) is 0. The highest BCUT2D eigenvalue weighted by Gasteiger charge is 2.25. The molecule has 1 N–H and O–H groups in total. The van der Waals surface area contributed by atoms with Gasteiger partial charge in [-0.3, -0.25) is 4.79 Å². The molecular formula is C30H37N3O3. The molecule has 190 valence electrons. The van der Waals surface area contributed by atoms with Crippen LogP contribution in [0.15, 0.2) is 60.7 Å². The van der Waals surface area contributed by atoms with Crippen LogP contribution in [0.3, 0.4) is 0 Å². The van der Waals surface area contributed by atoms with Crippen LogP contribution in [0, 0.1) is 6.92 Å². The van der Waals surface area contributed by atoms with E-state index in [9.17, 15) is 9.59 Å². The van der Waals surface area contributed by atoms with Crippen LogP contribution < -0.4 is 10.2 Å². The zero-order chi connectivity index (χ0) is 25.9. The van der Waals surface area contributed by atoms with E-state index in [4.69, 9.17) is 4.74 Å². The summed E-state index contributed by atoms with van der Waals surface area (Å²) < 4.78 is 5.56. The van der Waals surface area contributed by atoms with Gasteiger partial charge in [0, 0.05) is 37.4 Å². The zero-order valence-electron chi connectivity index (χ0n) is 22.0. The number of ether oxygens (including phenoxy) is 1. The number of aryl methyl sites for hydroxylation is 1. The molecule has 0 aromatic heterocycles. The number of nitrogens with one attached hydrogen (secondary N) is 1. The third kappa shape index (κ3) is 5.99. The molecule has 1 heterocycles. The summed E-state index contributed by atoms with van der Waals surface area (Å²) in [5.74, 6) is -0.0833. The van der Waals surface area contributed by atoms with Gasteiger partial charge in [-0.1, -0.05) is 48.5 Å². The Balaban J connectivity index is 1.47. The predicted molar refractivity (Wildman–Crippen MR) is 146 cm³/mol. The molecule has 1 saturated heterocycles. The molecule has 0 aliphatic carbocycles. The van der Waals surface area contributed by atoms with Crippen LogP contribution >= 0.6 is 0 Å². The summed E-state index contributed by atoms with van der Waals surface area (Å²) >= 11 is 0. The van der Waals surface area contributed by atoms with Gasteiger partial charge in [-0.2, -0.15) is 0 Å². The molecule has 0 saturated carbocycles. The van der Waals surface area contributed by atoms with Crippen molar-refractivity contribution in [1.29, 1.82) is 0 Å². The summed E-state index contributed by atoms with van der Waals surface area (Å²) in [5.41, 5.74) is 3.20. The molecule has 2 amide bonds. The molecule has 6 nitrogen and oxygen atoms in total. The number of benzene rings is 3. The number of nitrogens with zero attached hydrogens (tertiary/aromatic N) is 2. The maximum absolute atomic E-state index is 13.4. The second-order valence-electron chi connectivity index (χ2n) is 10.6. The van der Waals surface area contributed by atoms with E-state index in [1.54, 1.807) is 4.90 Å². The average Bonchev–Trinajstić information content (AvgIpc) is 3.09. The minimum absolute atomic E-state index is 0.0833. The molecule has 6 heteroatoms. The fourth-order valence-electron chi connectivity index (χ4n) is 4.72. The van der Waals surface area contributed by atoms with E-state index in [1.165, 1.54) is 0 Å². The molecule has 1 fully saturated rings. The first kappa shape index (κ1) is 25.5. The van der Waals surface area contributed by atoms with Crippen molar-refractivity contribution in [2.24, 2.45) is 0 Å². The Labute approximate surface area is 214 Å². The van der Waals surface area contributed by atoms with Gasteiger partial charge in [0.15, 0.2) is 0 Å². The maximum Gasteiger partial charge on any atom is 0.410 e. The topological polar surface area (TPSA) is 61.9 Å². The van der Waals surface area contributed by atoms with Crippen LogP contribution in [0.5, 0.6) is 0 Å². The van der Waals surface area contributed by atoms with Crippen molar-refractivity contribution in [3.8, 4) is 0 Å². The predicted octanol–water partition coefficient (Wildman–Crippen LogP) is 6.09. The average molecular weight is 488 g/mol. The highest BCUT2D eigenvalue weighted by Crippen LogP contribution is 2.26. The van der Waals surface area contributed by atoms with Crippen molar-refractivity contribution >= 4 is 28.5 Å². The number of amides is 2. The van der Waals surface area contributed by atoms with Gasteiger partial charge < -0.3 is 19.9 Å². The van der Waals surface area contributed by atoms with Crippen molar-refractivity contribution in [1.82, 2.24) is 10.2 Å². The summed E-state index contributed by atoms with van der Waals surface area (Å²) in [5, 5.41) is 5.52. The Morgan fingerprint density at radius 1 is 0.944 bits per heavy atom. The largest absolute Gasteiger partial charge is 0.444 e. The lowest BCUT2D eigenvalue weighted by Crippen LogP contribution is -2.39. The molecule has 1 aliphatic rings. The van der Waals surface area contributed by atoms with Gasteiger partial charge >= 0.3 is 6.09 Å². The van der Waals surface area contributed by atoms with Gasteiger partial charge in [-0.05, 0) is 75.1 Å². The molecule has 0 radical (unpaired) electrons. The van der Waals surface area contributed by atoms with E-state index in [0.717, 1.165) is 40.6 Å². The molecule has 3 aromatic rings. The zero-order valence-corrected chi connectivity index (χ0v) is 22.0. The van der Waals surface area contributed by atoms with Gasteiger partial charge in [0.2, 0.25) is 0 Å². The second-order valence-corrected chi connectivity index (χ2v) is 10.6. The van der Waals surface area contributed by atoms with E-state index < -0.39 is 5.60 Å². The van der Waals surface area contributed by atoms with Gasteiger partial charge in [0.25, 0.3) is 5.91 Å². The number of rotatable bonds is 4. The van der Waals surface area contributed by atoms with Crippen molar-refractivity contribution in [2.45, 2.75) is 52.7 Å². The highest BCUT2D eigenvalue weighted by molar-refractivity contribution is 5.97. The first-order valence-corrected chi connectivity index (χ1v) is 12.7. The molecule has 4 rings (SSSR count). The van der Waals surface area contributed by atoms with Gasteiger partial charge in [-0.15, -0.1) is 0 Å². The second kappa shape index (κ2) is 10.6. The van der Waals surface area contributed by atoms with E-state index in [-0.39, 0.29) is 18.0 Å². The van der Waals surface area contributed by atoms with Gasteiger partial charge in [-0.25, -0.2) is 4.79 Å². The lowest BCUT2D eigenvalue weighted by molar-refractivity contribution is 0.0263. The van der Waals surface area contributed by atoms with E-state index in [1.807, 2.05) is 65.0 Å². The number of carbonyl (C=O) groups excluding carboxylic acids is 2. The van der Waals surface area contributed by atoms with Crippen molar-refractivity contribution < 1.29 is 14.3 Å². The van der Waals surface area contributed by atoms with Gasteiger partial charge in [0.1, 0.15) is 5.60 Å². The number of anilines is 1. The summed E-state index contributed by atoms with van der Waals surface area (Å²) in [4.78, 5) is 29.9. The van der Waals surface area contributed by atoms with Crippen LogP contribution in [0.1, 0.15) is 61.6 Å². The first-order valence-electron chi connectivity index (χ1n) is 12.7. The summed E-state index contributed by atoms with van der Waals surface area (Å²) in [6, 6.07) is 20.3. The molecule has 0 bridgehead atoms. The van der Waals surface area contributed by atoms with E-state index >= 15 is 0 Å². The monoisotopic (exact) mass is 487 g/mol. The quantitative estimate of drug-likeness (QED) is 0.484. The smallest absolute Gasteiger partial charge is 0.410 e. The lowest BCUT2D eigenvalue weighted by atomic mass is 9.99. The van der Waals surface area contributed by atoms with Crippen molar-refractivity contribution in [2.75, 3.05) is 31.1 Å². The Kier molecular flexibility index (Phi) is 7.53. The number of hydrogen-bond acceptors (Lipinski definition) is 4. The van der Waals surface area contributed by atoms with E-state index in [0.29, 0.717) is 25.2 Å². The maximum atomic E-state index is 13.4. The third-order valence-corrected chi connectivity index (χ3v) is 6.62. The minimum atomic E-state index is -0.508. The van der Waals surface area contributed by atoms with E-state index in [2.05, 4.69) is 40.5 Å². The molecular weight excluding hydrogens is 450 g/mol. The molecule has 36 heavy (non-hydrogen) atoms. The van der Waals surface area contributed by atoms with Crippen LogP contribution in [-0.2, 0) is 4.74 Å². The molecule has 0 spiro atoms. The van der Waals surface area contributed by atoms with Gasteiger partial charge in [0.05, 0.1) is 6.04 Å². The highest BCUT2D eigenvalue weighted by atomic mass is 16.6. The molecule has 0 unspecified atom stereocenters. The number of fused-ring (bicyclic) bond motifs is 1. The fourth-order valence-corrected chi connectivity index (χ4v) is 4.72. The number of carbonyl (C=O) groups is 2. The van der Waals surface area contributed by atoms with Crippen LogP contribution in [0.4, 0.5) is 10.5 Å². The SMILES string of the molecule is Cc1ccc(N2CCCN(C(=O)OC(C)(C)C)CC2)cc1C(=O)N[C@H](C)c1cccc2ccccc12. The van der Waals surface area contributed by atoms with Crippen molar-refractivity contribution in [3.63, 3.8) is 0 Å². The normalized spacial score (nSPS) is 15.4. The first-order chi connectivity index (χ1) is 17.1. The molecule has 1 aliphatic heterocycles. The van der Waals surface area contributed by atoms with Crippen molar-refractivity contribution in [3.05, 3.63) is 77.4 Å². The lowest BCUT2D eigenvalue weighted by Gasteiger charge is -2.27. The molecule has 3 aromatic carbocycles. The summed E-state index contributed by atoms with van der Waals surface area (Å²) in [6.45, 7) is 12.4. The van der Waals surface area contributed by atoms with Crippen LogP contribution in [-0.4, -0.2) is 48.7 Å². The Bertz CT molecular complexity index is 1240. The Hall–Kier alpha value is -3.54. The van der Waals surface area contributed by atoms with Crippen LogP contribution in [0.2, 0.25) is 0 Å². The Morgan fingerprint density at radius 3 is 2.47 bits per heavy atom. The third-order valence-electron chi connectivity index (χ3n) is 6.62.